The number of carbonyl (C=O) groups excluding carboxylic acids is 1. The quantitative estimate of drug-likeness (QED) is 0.264. The molecule has 31 heavy (non-hydrogen) atoms. The highest BCUT2D eigenvalue weighted by molar-refractivity contribution is 9.10. The molecule has 4 rings (SSSR count). The Morgan fingerprint density at radius 1 is 1.19 bits per heavy atom. The van der Waals surface area contributed by atoms with Crippen LogP contribution in [-0.4, -0.2) is 32.0 Å². The summed E-state index contributed by atoms with van der Waals surface area (Å²) in [6.07, 6.45) is 1.70. The van der Waals surface area contributed by atoms with E-state index in [9.17, 15) is 4.79 Å². The minimum absolute atomic E-state index is 0.157. The van der Waals surface area contributed by atoms with Gasteiger partial charge in [-0.05, 0) is 54.4 Å². The van der Waals surface area contributed by atoms with Crippen LogP contribution < -0.4 is 16.4 Å². The van der Waals surface area contributed by atoms with Crippen LogP contribution in [0.4, 0.5) is 17.2 Å². The van der Waals surface area contributed by atoms with Gasteiger partial charge in [0.2, 0.25) is 5.28 Å². The van der Waals surface area contributed by atoms with Crippen LogP contribution in [0.5, 0.6) is 0 Å². The first-order valence-corrected chi connectivity index (χ1v) is 10.7. The summed E-state index contributed by atoms with van der Waals surface area (Å²) in [6.45, 7) is 3.20. The van der Waals surface area contributed by atoms with E-state index in [0.717, 1.165) is 10.0 Å². The Morgan fingerprint density at radius 3 is 2.68 bits per heavy atom. The lowest BCUT2D eigenvalue weighted by atomic mass is 10.1. The average molecular weight is 501 g/mol. The number of fused-ring (bicyclic) bond motifs is 1. The molecule has 0 fully saturated rings. The largest absolute Gasteiger partial charge is 0.397 e. The minimum atomic E-state index is -0.233. The number of rotatable bonds is 6. The van der Waals surface area contributed by atoms with E-state index in [1.165, 1.54) is 0 Å². The lowest BCUT2D eigenvalue weighted by molar-refractivity contribution is 0.102. The molecule has 2 aromatic carbocycles. The fourth-order valence-corrected chi connectivity index (χ4v) is 3.67. The molecule has 10 heteroatoms. The van der Waals surface area contributed by atoms with Gasteiger partial charge >= 0.3 is 0 Å². The van der Waals surface area contributed by atoms with E-state index in [2.05, 4.69) is 41.5 Å². The van der Waals surface area contributed by atoms with Gasteiger partial charge in [-0.2, -0.15) is 9.97 Å². The number of anilines is 3. The van der Waals surface area contributed by atoms with Gasteiger partial charge in [-0.3, -0.25) is 4.79 Å². The van der Waals surface area contributed by atoms with E-state index >= 15 is 0 Å². The molecule has 0 aliphatic carbocycles. The number of aromatic nitrogens is 4. The Bertz CT molecular complexity index is 1260. The first-order chi connectivity index (χ1) is 14.9. The molecule has 0 aliphatic heterocycles. The number of nitrogens with two attached hydrogens (primary N) is 1. The van der Waals surface area contributed by atoms with Crippen LogP contribution in [0.2, 0.25) is 5.28 Å². The molecule has 0 saturated heterocycles. The summed E-state index contributed by atoms with van der Waals surface area (Å²) in [5, 5.41) is 6.13. The molecular weight excluding hydrogens is 482 g/mol. The number of hydrogen-bond acceptors (Lipinski definition) is 6. The number of amides is 1. The van der Waals surface area contributed by atoms with Crippen molar-refractivity contribution in [2.45, 2.75) is 13.5 Å². The lowest BCUT2D eigenvalue weighted by Crippen LogP contribution is -2.13. The van der Waals surface area contributed by atoms with E-state index in [0.29, 0.717) is 47.0 Å². The van der Waals surface area contributed by atoms with Crippen molar-refractivity contribution in [1.29, 1.82) is 0 Å². The zero-order valence-electron chi connectivity index (χ0n) is 16.6. The van der Waals surface area contributed by atoms with Gasteiger partial charge < -0.3 is 20.9 Å². The Balaban J connectivity index is 1.52. The summed E-state index contributed by atoms with van der Waals surface area (Å²) in [7, 11) is 0. The lowest BCUT2D eigenvalue weighted by Gasteiger charge is -2.10. The second kappa shape index (κ2) is 8.91. The van der Waals surface area contributed by atoms with Crippen molar-refractivity contribution in [3.05, 3.63) is 69.7 Å². The van der Waals surface area contributed by atoms with Crippen molar-refractivity contribution < 1.29 is 4.79 Å². The molecule has 0 unspecified atom stereocenters. The first-order valence-electron chi connectivity index (χ1n) is 9.52. The fraction of sp³-hybridized carbons (Fsp3) is 0.143. The Kier molecular flexibility index (Phi) is 6.06. The summed E-state index contributed by atoms with van der Waals surface area (Å²) in [5.41, 5.74) is 9.83. The van der Waals surface area contributed by atoms with Crippen LogP contribution in [0, 0.1) is 0 Å². The summed E-state index contributed by atoms with van der Waals surface area (Å²) in [5.74, 6) is 0.374. The second-order valence-electron chi connectivity index (χ2n) is 6.80. The normalized spacial score (nSPS) is 10.9. The average Bonchev–Trinajstić information content (AvgIpc) is 3.13. The topological polar surface area (TPSA) is 111 Å². The van der Waals surface area contributed by atoms with E-state index in [4.69, 9.17) is 17.3 Å². The van der Waals surface area contributed by atoms with Crippen LogP contribution in [0.25, 0.3) is 11.2 Å². The third-order valence-electron chi connectivity index (χ3n) is 4.61. The van der Waals surface area contributed by atoms with Crippen LogP contribution in [-0.2, 0) is 6.54 Å². The van der Waals surface area contributed by atoms with Crippen molar-refractivity contribution in [3.63, 3.8) is 0 Å². The Morgan fingerprint density at radius 2 is 1.97 bits per heavy atom. The van der Waals surface area contributed by atoms with E-state index in [-0.39, 0.29) is 11.2 Å². The van der Waals surface area contributed by atoms with E-state index in [1.807, 2.05) is 29.7 Å². The molecule has 2 heterocycles. The smallest absolute Gasteiger partial charge is 0.255 e. The maximum absolute atomic E-state index is 12.6. The van der Waals surface area contributed by atoms with Gasteiger partial charge in [0.25, 0.3) is 5.91 Å². The second-order valence-corrected chi connectivity index (χ2v) is 8.05. The molecule has 1 amide bonds. The maximum Gasteiger partial charge on any atom is 0.255 e. The van der Waals surface area contributed by atoms with Gasteiger partial charge in [0.05, 0.1) is 24.2 Å². The van der Waals surface area contributed by atoms with Crippen molar-refractivity contribution in [1.82, 2.24) is 19.5 Å². The van der Waals surface area contributed by atoms with Crippen LogP contribution in [0.15, 0.2) is 53.3 Å². The minimum Gasteiger partial charge on any atom is -0.397 e. The van der Waals surface area contributed by atoms with Gasteiger partial charge in [-0.1, -0.05) is 28.1 Å². The predicted octanol–water partition coefficient (Wildman–Crippen LogP) is 4.56. The number of nitrogens with zero attached hydrogens (tertiary/aromatic N) is 4. The van der Waals surface area contributed by atoms with Gasteiger partial charge in [0, 0.05) is 16.6 Å². The highest BCUT2D eigenvalue weighted by atomic mass is 79.9. The highest BCUT2D eigenvalue weighted by Gasteiger charge is 2.13. The number of imidazole rings is 1. The molecule has 4 aromatic rings. The Labute approximate surface area is 192 Å². The van der Waals surface area contributed by atoms with Crippen LogP contribution in [0.1, 0.15) is 22.8 Å². The van der Waals surface area contributed by atoms with Crippen LogP contribution >= 0.6 is 27.5 Å². The summed E-state index contributed by atoms with van der Waals surface area (Å²) in [6, 6.07) is 12.6. The SMILES string of the molecule is CCNc1nc(Cl)nc2c1ncn2Cc1ccc(C(=O)Nc2ccc(Br)cc2N)cc1. The maximum atomic E-state index is 12.6. The summed E-state index contributed by atoms with van der Waals surface area (Å²) < 4.78 is 2.74. The molecule has 0 aliphatic rings. The molecule has 0 spiro atoms. The fourth-order valence-electron chi connectivity index (χ4n) is 3.12. The molecule has 2 aromatic heterocycles. The van der Waals surface area contributed by atoms with Gasteiger partial charge in [-0.25, -0.2) is 4.98 Å². The molecular formula is C21H19BrClN7O. The van der Waals surface area contributed by atoms with Crippen molar-refractivity contribution in [3.8, 4) is 0 Å². The first kappa shape index (κ1) is 21.1. The van der Waals surface area contributed by atoms with Gasteiger partial charge in [-0.15, -0.1) is 0 Å². The number of benzene rings is 2. The summed E-state index contributed by atoms with van der Waals surface area (Å²) >= 11 is 9.43. The van der Waals surface area contributed by atoms with Crippen molar-refractivity contribution >= 4 is 61.8 Å². The monoisotopic (exact) mass is 499 g/mol. The number of nitrogen functional groups attached to an aromatic ring is 1. The molecule has 4 N–H and O–H groups in total. The van der Waals surface area contributed by atoms with Gasteiger partial charge in [0.1, 0.15) is 0 Å². The third kappa shape index (κ3) is 4.62. The van der Waals surface area contributed by atoms with Crippen LogP contribution in [0.3, 0.4) is 0 Å². The zero-order chi connectivity index (χ0) is 22.0. The number of hydrogen-bond donors (Lipinski definition) is 3. The number of nitrogens with one attached hydrogen (secondary N) is 2. The van der Waals surface area contributed by atoms with Gasteiger partial charge in [0.15, 0.2) is 17.0 Å². The zero-order valence-corrected chi connectivity index (χ0v) is 18.9. The number of carbonyl (C=O) groups is 1. The molecule has 8 nitrogen and oxygen atoms in total. The molecule has 0 radical (unpaired) electrons. The van der Waals surface area contributed by atoms with E-state index < -0.39 is 0 Å². The molecule has 0 atom stereocenters. The highest BCUT2D eigenvalue weighted by Crippen LogP contribution is 2.24. The molecule has 158 valence electrons. The van der Waals surface area contributed by atoms with E-state index in [1.54, 1.807) is 30.6 Å². The molecule has 0 bridgehead atoms. The predicted molar refractivity (Wildman–Crippen MR) is 127 cm³/mol. The molecule has 0 saturated carbocycles. The Hall–Kier alpha value is -3.17. The van der Waals surface area contributed by atoms with Crippen molar-refractivity contribution in [2.75, 3.05) is 22.9 Å². The standard InChI is InChI=1S/C21H19BrClN7O/c1-2-25-18-17-19(29-21(23)28-18)30(11-26-17)10-12-3-5-13(6-4-12)20(31)27-16-8-7-14(22)9-15(16)24/h3-9,11H,2,10,24H2,1H3,(H,27,31)(H,25,28,29). The van der Waals surface area contributed by atoms with Crippen molar-refractivity contribution in [2.24, 2.45) is 0 Å². The summed E-state index contributed by atoms with van der Waals surface area (Å²) in [4.78, 5) is 25.5. The number of halogens is 2. The third-order valence-corrected chi connectivity index (χ3v) is 5.27.